The van der Waals surface area contributed by atoms with Crippen molar-refractivity contribution in [3.8, 4) is 0 Å². The summed E-state index contributed by atoms with van der Waals surface area (Å²) in [6.07, 6.45) is 0.616. The van der Waals surface area contributed by atoms with Gasteiger partial charge in [0, 0.05) is 24.9 Å². The van der Waals surface area contributed by atoms with Crippen LogP contribution in [0.3, 0.4) is 0 Å². The Bertz CT molecular complexity index is 352. The topological polar surface area (TPSA) is 20.3 Å². The van der Waals surface area contributed by atoms with Crippen molar-refractivity contribution in [2.45, 2.75) is 25.7 Å². The van der Waals surface area contributed by atoms with E-state index in [1.54, 1.807) is 0 Å². The van der Waals surface area contributed by atoms with Crippen LogP contribution < -0.4 is 0 Å². The highest BCUT2D eigenvalue weighted by molar-refractivity contribution is 5.77. The zero-order valence-electron chi connectivity index (χ0n) is 9.36. The number of rotatable bonds is 2. The van der Waals surface area contributed by atoms with E-state index >= 15 is 0 Å². The second kappa shape index (κ2) is 3.69. The number of nitrogens with zero attached hydrogens (tertiary/aromatic N) is 1. The standard InChI is InChI=1S/C13H17NO/c1-3-12(15)14-9-13(2,10-14)11-7-5-4-6-8-11/h4-8H,3,9-10H2,1-2H3. The van der Waals surface area contributed by atoms with E-state index in [0.717, 1.165) is 13.1 Å². The Labute approximate surface area is 90.9 Å². The van der Waals surface area contributed by atoms with Gasteiger partial charge >= 0.3 is 0 Å². The third kappa shape index (κ3) is 1.76. The van der Waals surface area contributed by atoms with Crippen molar-refractivity contribution < 1.29 is 4.79 Å². The number of carbonyl (C=O) groups is 1. The molecule has 0 radical (unpaired) electrons. The highest BCUT2D eigenvalue weighted by Gasteiger charge is 2.41. The van der Waals surface area contributed by atoms with Gasteiger partial charge in [0.1, 0.15) is 0 Å². The molecule has 0 saturated carbocycles. The molecule has 0 bridgehead atoms. The lowest BCUT2D eigenvalue weighted by atomic mass is 9.75. The predicted molar refractivity (Wildman–Crippen MR) is 60.7 cm³/mol. The summed E-state index contributed by atoms with van der Waals surface area (Å²) >= 11 is 0. The normalized spacial score (nSPS) is 18.4. The van der Waals surface area contributed by atoms with E-state index in [4.69, 9.17) is 0 Å². The van der Waals surface area contributed by atoms with Crippen molar-refractivity contribution in [2.75, 3.05) is 13.1 Å². The van der Waals surface area contributed by atoms with Gasteiger partial charge < -0.3 is 4.90 Å². The van der Waals surface area contributed by atoms with Crippen LogP contribution in [0, 0.1) is 0 Å². The minimum atomic E-state index is 0.173. The van der Waals surface area contributed by atoms with Crippen molar-refractivity contribution in [2.24, 2.45) is 0 Å². The summed E-state index contributed by atoms with van der Waals surface area (Å²) in [4.78, 5) is 13.4. The van der Waals surface area contributed by atoms with Crippen LogP contribution in [0.1, 0.15) is 25.8 Å². The number of carbonyl (C=O) groups excluding carboxylic acids is 1. The van der Waals surface area contributed by atoms with Gasteiger partial charge in [0.25, 0.3) is 0 Å². The lowest BCUT2D eigenvalue weighted by Crippen LogP contribution is -2.59. The molecule has 0 unspecified atom stereocenters. The molecule has 1 amide bonds. The van der Waals surface area contributed by atoms with E-state index in [9.17, 15) is 4.79 Å². The summed E-state index contributed by atoms with van der Waals surface area (Å²) in [5, 5.41) is 0. The van der Waals surface area contributed by atoms with E-state index in [1.165, 1.54) is 5.56 Å². The van der Waals surface area contributed by atoms with Gasteiger partial charge in [-0.15, -0.1) is 0 Å². The number of likely N-dealkylation sites (tertiary alicyclic amines) is 1. The van der Waals surface area contributed by atoms with Crippen LogP contribution in [0.2, 0.25) is 0 Å². The van der Waals surface area contributed by atoms with Crippen molar-refractivity contribution in [3.63, 3.8) is 0 Å². The Morgan fingerprint density at radius 3 is 2.47 bits per heavy atom. The van der Waals surface area contributed by atoms with Crippen LogP contribution in [-0.4, -0.2) is 23.9 Å². The number of benzene rings is 1. The lowest BCUT2D eigenvalue weighted by molar-refractivity contribution is -0.138. The summed E-state index contributed by atoms with van der Waals surface area (Å²) in [5.74, 6) is 0.267. The monoisotopic (exact) mass is 203 g/mol. The van der Waals surface area contributed by atoms with Crippen molar-refractivity contribution >= 4 is 5.91 Å². The van der Waals surface area contributed by atoms with E-state index in [1.807, 2.05) is 17.9 Å². The molecule has 80 valence electrons. The van der Waals surface area contributed by atoms with Gasteiger partial charge in [0.05, 0.1) is 0 Å². The number of hydrogen-bond donors (Lipinski definition) is 0. The Morgan fingerprint density at radius 1 is 1.33 bits per heavy atom. The molecule has 0 spiro atoms. The fourth-order valence-corrected chi connectivity index (χ4v) is 2.22. The summed E-state index contributed by atoms with van der Waals surface area (Å²) in [6.45, 7) is 5.87. The summed E-state index contributed by atoms with van der Waals surface area (Å²) < 4.78 is 0. The molecule has 1 aliphatic heterocycles. The number of amides is 1. The third-order valence-corrected chi connectivity index (χ3v) is 3.21. The third-order valence-electron chi connectivity index (χ3n) is 3.21. The maximum atomic E-state index is 11.4. The van der Waals surface area contributed by atoms with E-state index in [2.05, 4.69) is 31.2 Å². The molecule has 15 heavy (non-hydrogen) atoms. The fraction of sp³-hybridized carbons (Fsp3) is 0.462. The second-order valence-corrected chi connectivity index (χ2v) is 4.53. The maximum absolute atomic E-state index is 11.4. The summed E-state index contributed by atoms with van der Waals surface area (Å²) in [7, 11) is 0. The molecular weight excluding hydrogens is 186 g/mol. The van der Waals surface area contributed by atoms with Crippen LogP contribution in [0.4, 0.5) is 0 Å². The van der Waals surface area contributed by atoms with Gasteiger partial charge in [-0.2, -0.15) is 0 Å². The molecule has 1 aromatic rings. The van der Waals surface area contributed by atoms with Gasteiger partial charge in [0.15, 0.2) is 0 Å². The van der Waals surface area contributed by atoms with Crippen molar-refractivity contribution in [1.29, 1.82) is 0 Å². The van der Waals surface area contributed by atoms with Crippen LogP contribution in [0.25, 0.3) is 0 Å². The first kappa shape index (κ1) is 10.2. The molecule has 1 aromatic carbocycles. The molecule has 2 heteroatoms. The average molecular weight is 203 g/mol. The zero-order chi connectivity index (χ0) is 10.9. The first-order chi connectivity index (χ1) is 7.15. The largest absolute Gasteiger partial charge is 0.341 e. The molecule has 2 nitrogen and oxygen atoms in total. The highest BCUT2D eigenvalue weighted by Crippen LogP contribution is 2.34. The molecule has 0 aliphatic carbocycles. The number of hydrogen-bond acceptors (Lipinski definition) is 1. The average Bonchev–Trinajstić information content (AvgIpc) is 2.25. The smallest absolute Gasteiger partial charge is 0.222 e. The summed E-state index contributed by atoms with van der Waals surface area (Å²) in [5.41, 5.74) is 1.51. The minimum absolute atomic E-state index is 0.173. The van der Waals surface area contributed by atoms with Gasteiger partial charge in [-0.05, 0) is 5.56 Å². The molecule has 0 N–H and O–H groups in total. The fourth-order valence-electron chi connectivity index (χ4n) is 2.22. The van der Waals surface area contributed by atoms with Crippen molar-refractivity contribution in [1.82, 2.24) is 4.90 Å². The van der Waals surface area contributed by atoms with E-state index in [0.29, 0.717) is 6.42 Å². The molecule has 0 atom stereocenters. The first-order valence-corrected chi connectivity index (χ1v) is 5.49. The van der Waals surface area contributed by atoms with Crippen LogP contribution in [0.15, 0.2) is 30.3 Å². The Balaban J connectivity index is 2.06. The van der Waals surface area contributed by atoms with Crippen LogP contribution >= 0.6 is 0 Å². The molecule has 1 aliphatic rings. The van der Waals surface area contributed by atoms with Crippen LogP contribution in [-0.2, 0) is 10.2 Å². The molecule has 1 fully saturated rings. The second-order valence-electron chi connectivity index (χ2n) is 4.53. The highest BCUT2D eigenvalue weighted by atomic mass is 16.2. The Hall–Kier alpha value is -1.31. The molecule has 1 saturated heterocycles. The SMILES string of the molecule is CCC(=O)N1CC(C)(c2ccccc2)C1. The minimum Gasteiger partial charge on any atom is -0.341 e. The molecular formula is C13H17NO. The van der Waals surface area contributed by atoms with Gasteiger partial charge in [-0.25, -0.2) is 0 Å². The Morgan fingerprint density at radius 2 is 1.93 bits per heavy atom. The van der Waals surface area contributed by atoms with E-state index < -0.39 is 0 Å². The predicted octanol–water partition coefficient (Wildman–Crippen LogP) is 2.20. The first-order valence-electron chi connectivity index (χ1n) is 5.49. The molecule has 1 heterocycles. The molecule has 2 rings (SSSR count). The Kier molecular flexibility index (Phi) is 2.51. The molecule has 0 aromatic heterocycles. The zero-order valence-corrected chi connectivity index (χ0v) is 9.36. The maximum Gasteiger partial charge on any atom is 0.222 e. The van der Waals surface area contributed by atoms with Crippen molar-refractivity contribution in [3.05, 3.63) is 35.9 Å². The van der Waals surface area contributed by atoms with E-state index in [-0.39, 0.29) is 11.3 Å². The van der Waals surface area contributed by atoms with Crippen LogP contribution in [0.5, 0.6) is 0 Å². The lowest BCUT2D eigenvalue weighted by Gasteiger charge is -2.48. The van der Waals surface area contributed by atoms with Gasteiger partial charge in [-0.1, -0.05) is 44.2 Å². The quantitative estimate of drug-likeness (QED) is 0.721. The van der Waals surface area contributed by atoms with Gasteiger partial charge in [-0.3, -0.25) is 4.79 Å². The van der Waals surface area contributed by atoms with Gasteiger partial charge in [0.2, 0.25) is 5.91 Å². The summed E-state index contributed by atoms with van der Waals surface area (Å²) in [6, 6.07) is 10.4.